The van der Waals surface area contributed by atoms with Crippen LogP contribution in [0.5, 0.6) is 0 Å². The summed E-state index contributed by atoms with van der Waals surface area (Å²) in [6, 6.07) is 14.9. The van der Waals surface area contributed by atoms with Gasteiger partial charge in [0.05, 0.1) is 0 Å². The lowest BCUT2D eigenvalue weighted by atomic mass is 9.79. The largest absolute Gasteiger partial charge is 0.259 e. The van der Waals surface area contributed by atoms with Gasteiger partial charge in [0.25, 0.3) is 0 Å². The van der Waals surface area contributed by atoms with Gasteiger partial charge in [0.15, 0.2) is 0 Å². The Morgan fingerprint density at radius 3 is 1.57 bits per heavy atom. The monoisotopic (exact) mass is 602 g/mol. The second-order valence-electron chi connectivity index (χ2n) is 13.0. The van der Waals surface area contributed by atoms with Crippen molar-refractivity contribution in [1.29, 1.82) is 0 Å². The topological polar surface area (TPSA) is 12.4 Å². The predicted molar refractivity (Wildman–Crippen MR) is 205 cm³/mol. The van der Waals surface area contributed by atoms with Gasteiger partial charge >= 0.3 is 0 Å². The number of allylic oxidation sites excluding steroid dienone is 4. The Morgan fingerprint density at radius 1 is 0.818 bits per heavy atom. The van der Waals surface area contributed by atoms with E-state index in [1.165, 1.54) is 85.6 Å². The summed E-state index contributed by atoms with van der Waals surface area (Å²) < 4.78 is 0. The van der Waals surface area contributed by atoms with Crippen molar-refractivity contribution < 1.29 is 0 Å². The van der Waals surface area contributed by atoms with Crippen molar-refractivity contribution in [3.63, 3.8) is 0 Å². The van der Waals surface area contributed by atoms with Crippen LogP contribution < -0.4 is 0 Å². The second kappa shape index (κ2) is 26.7. The molecule has 1 aliphatic rings. The van der Waals surface area contributed by atoms with E-state index >= 15 is 0 Å². The molecule has 0 aliphatic heterocycles. The van der Waals surface area contributed by atoms with Crippen LogP contribution in [-0.2, 0) is 0 Å². The Balaban J connectivity index is 0. The van der Waals surface area contributed by atoms with Gasteiger partial charge in [0.2, 0.25) is 0 Å². The van der Waals surface area contributed by atoms with Gasteiger partial charge in [-0.3, -0.25) is 4.99 Å². The molecule has 0 aromatic heterocycles. The van der Waals surface area contributed by atoms with Crippen molar-refractivity contribution in [2.75, 3.05) is 0 Å². The van der Waals surface area contributed by atoms with Crippen LogP contribution in [0.15, 0.2) is 78.0 Å². The molecular weight excluding hydrogens is 530 g/mol. The highest BCUT2D eigenvalue weighted by molar-refractivity contribution is 5.93. The van der Waals surface area contributed by atoms with Gasteiger partial charge in [-0.2, -0.15) is 0 Å². The van der Waals surface area contributed by atoms with Crippen LogP contribution in [0.25, 0.3) is 6.08 Å². The van der Waals surface area contributed by atoms with Crippen LogP contribution in [0.1, 0.15) is 148 Å². The van der Waals surface area contributed by atoms with E-state index in [-0.39, 0.29) is 0 Å². The first-order valence-electron chi connectivity index (χ1n) is 17.3. The number of nitrogens with zero attached hydrogens (tertiary/aromatic N) is 1. The Hall–Kier alpha value is -2.67. The molecule has 0 spiro atoms. The Labute approximate surface area is 276 Å². The normalized spacial score (nSPS) is 13.2. The lowest BCUT2D eigenvalue weighted by molar-refractivity contribution is 0.255. The number of rotatable bonds is 8. The zero-order valence-corrected chi connectivity index (χ0v) is 31.4. The number of hydrogen-bond acceptors (Lipinski definition) is 1. The molecule has 2 aromatic rings. The number of aliphatic imine (C=N–C) groups is 1. The van der Waals surface area contributed by atoms with Crippen LogP contribution in [0.4, 0.5) is 0 Å². The van der Waals surface area contributed by atoms with Gasteiger partial charge in [0.1, 0.15) is 0 Å². The van der Waals surface area contributed by atoms with Crippen LogP contribution in [0, 0.1) is 39.0 Å². The Bertz CT molecular complexity index is 1030. The van der Waals surface area contributed by atoms with Crippen molar-refractivity contribution in [3.05, 3.63) is 101 Å². The van der Waals surface area contributed by atoms with Gasteiger partial charge in [-0.05, 0) is 102 Å². The fraction of sp³-hybridized carbons (Fsp3) is 0.558. The number of aryl methyl sites for hydroxylation is 4. The molecule has 248 valence electrons. The SMILES string of the molecule is C/C=C\c1c(C)cccc1C.C=C(C)N=C(C)/C=C\C.CC1CCCC1.CCCC(C)(CC)CCC.Cc1ccc(C)cc1. The van der Waals surface area contributed by atoms with Crippen molar-refractivity contribution in [2.45, 2.75) is 148 Å². The first kappa shape index (κ1) is 43.5. The van der Waals surface area contributed by atoms with Gasteiger partial charge in [-0.15, -0.1) is 0 Å². The molecule has 1 heteroatoms. The zero-order valence-electron chi connectivity index (χ0n) is 31.4. The average Bonchev–Trinajstić information content (AvgIpc) is 3.45. The molecule has 0 N–H and O–H groups in total. The molecule has 1 nitrogen and oxygen atoms in total. The van der Waals surface area contributed by atoms with Gasteiger partial charge in [-0.1, -0.05) is 158 Å². The summed E-state index contributed by atoms with van der Waals surface area (Å²) in [6.45, 7) is 31.6. The molecule has 44 heavy (non-hydrogen) atoms. The van der Waals surface area contributed by atoms with E-state index in [1.807, 2.05) is 39.8 Å². The van der Waals surface area contributed by atoms with Gasteiger partial charge in [-0.25, -0.2) is 0 Å². The van der Waals surface area contributed by atoms with Gasteiger partial charge in [0, 0.05) is 11.4 Å². The second-order valence-corrected chi connectivity index (χ2v) is 13.0. The molecule has 0 saturated heterocycles. The summed E-state index contributed by atoms with van der Waals surface area (Å²) in [5.74, 6) is 1.05. The molecule has 0 atom stereocenters. The summed E-state index contributed by atoms with van der Waals surface area (Å²) in [5, 5.41) is 0. The fourth-order valence-corrected chi connectivity index (χ4v) is 5.29. The van der Waals surface area contributed by atoms with Crippen molar-refractivity contribution in [3.8, 4) is 0 Å². The third-order valence-corrected chi connectivity index (χ3v) is 8.07. The van der Waals surface area contributed by atoms with E-state index < -0.39 is 0 Å². The molecule has 0 heterocycles. The predicted octanol–water partition coefficient (Wildman–Crippen LogP) is 14.4. The first-order chi connectivity index (χ1) is 20.8. The molecule has 0 amide bonds. The Morgan fingerprint density at radius 2 is 1.27 bits per heavy atom. The summed E-state index contributed by atoms with van der Waals surface area (Å²) in [4.78, 5) is 4.10. The fourth-order valence-electron chi connectivity index (χ4n) is 5.29. The minimum Gasteiger partial charge on any atom is -0.259 e. The quantitative estimate of drug-likeness (QED) is 0.267. The molecule has 1 aliphatic carbocycles. The minimum absolute atomic E-state index is 0.642. The van der Waals surface area contributed by atoms with Crippen molar-refractivity contribution >= 4 is 11.8 Å². The molecule has 1 saturated carbocycles. The van der Waals surface area contributed by atoms with Crippen LogP contribution in [0.2, 0.25) is 0 Å². The molecule has 2 aromatic carbocycles. The van der Waals surface area contributed by atoms with Gasteiger partial charge < -0.3 is 0 Å². The summed E-state index contributed by atoms with van der Waals surface area (Å²) in [5.41, 5.74) is 9.21. The highest BCUT2D eigenvalue weighted by atomic mass is 14.7. The highest BCUT2D eigenvalue weighted by Crippen LogP contribution is 2.32. The lowest BCUT2D eigenvalue weighted by Gasteiger charge is -2.27. The van der Waals surface area contributed by atoms with E-state index in [4.69, 9.17) is 0 Å². The van der Waals surface area contributed by atoms with E-state index in [0.29, 0.717) is 5.41 Å². The third-order valence-electron chi connectivity index (χ3n) is 8.07. The summed E-state index contributed by atoms with van der Waals surface area (Å²) in [6.07, 6.45) is 20.9. The molecule has 0 radical (unpaired) electrons. The van der Waals surface area contributed by atoms with Crippen molar-refractivity contribution in [2.24, 2.45) is 16.3 Å². The number of benzene rings is 2. The smallest absolute Gasteiger partial charge is 0.0372 e. The highest BCUT2D eigenvalue weighted by Gasteiger charge is 2.18. The van der Waals surface area contributed by atoms with E-state index in [1.54, 1.807) is 0 Å². The van der Waals surface area contributed by atoms with Crippen molar-refractivity contribution in [1.82, 2.24) is 0 Å². The molecular formula is C43H71N. The minimum atomic E-state index is 0.642. The lowest BCUT2D eigenvalue weighted by Crippen LogP contribution is -2.13. The van der Waals surface area contributed by atoms with Crippen LogP contribution in [-0.4, -0.2) is 5.71 Å². The van der Waals surface area contributed by atoms with Crippen LogP contribution >= 0.6 is 0 Å². The number of hydrogen-bond donors (Lipinski definition) is 0. The van der Waals surface area contributed by atoms with E-state index in [9.17, 15) is 0 Å². The molecule has 1 fully saturated rings. The molecule has 0 bridgehead atoms. The Kier molecular flexibility index (Phi) is 26.4. The standard InChI is InChI=1S/C11H14.C10H22.C8H13N.C8H10.C6H12/c1-4-6-11-9(2)7-5-8-10(11)3;1-5-8-10(4,7-3)9-6-2;1-5-6-8(4)9-7(2)3;1-7-3-5-8(2)6-4-7;1-6-4-2-3-5-6/h4-8H,1-3H3;5-9H2,1-4H3;5-6H,2H2,1,3-4H3;3-6H,1-2H3;6H,2-5H2,1H3/b6-4-;;6-5-,9-8?;;. The van der Waals surface area contributed by atoms with E-state index in [2.05, 4.69) is 129 Å². The van der Waals surface area contributed by atoms with Crippen LogP contribution in [0.3, 0.4) is 0 Å². The van der Waals surface area contributed by atoms with E-state index in [0.717, 1.165) is 17.3 Å². The summed E-state index contributed by atoms with van der Waals surface area (Å²) in [7, 11) is 0. The molecule has 0 unspecified atom stereocenters. The maximum atomic E-state index is 4.10. The zero-order chi connectivity index (χ0) is 34.0. The third kappa shape index (κ3) is 23.7. The molecule has 3 rings (SSSR count). The average molecular weight is 602 g/mol. The summed E-state index contributed by atoms with van der Waals surface area (Å²) >= 11 is 0. The maximum absolute atomic E-state index is 4.10. The maximum Gasteiger partial charge on any atom is 0.0372 e. The first-order valence-corrected chi connectivity index (χ1v) is 17.3.